The molecule has 168 valence electrons. The van der Waals surface area contributed by atoms with Crippen molar-refractivity contribution < 1.29 is 45.2 Å². The maximum atomic E-state index is 13.2. The van der Waals surface area contributed by atoms with E-state index in [-0.39, 0.29) is 5.02 Å². The van der Waals surface area contributed by atoms with Crippen LogP contribution in [0.1, 0.15) is 15.9 Å². The fourth-order valence-corrected chi connectivity index (χ4v) is 2.39. The Morgan fingerprint density at radius 3 is 2.32 bits per heavy atom. The number of hydrogen-bond acceptors (Lipinski definition) is 4. The number of benzene rings is 2. The fourth-order valence-electron chi connectivity index (χ4n) is 2.19. The molecule has 0 fully saturated rings. The van der Waals surface area contributed by atoms with Gasteiger partial charge in [-0.25, -0.2) is 8.78 Å². The highest BCUT2D eigenvalue weighted by Gasteiger charge is 2.43. The quantitative estimate of drug-likeness (QED) is 0.312. The van der Waals surface area contributed by atoms with E-state index in [2.05, 4.69) is 4.74 Å². The van der Waals surface area contributed by atoms with Gasteiger partial charge >= 0.3 is 18.5 Å². The number of alkyl halides is 7. The van der Waals surface area contributed by atoms with E-state index in [1.54, 1.807) is 0 Å². The molecular weight excluding hydrogens is 465 g/mol. The molecule has 14 heteroatoms. The Morgan fingerprint density at radius 2 is 1.77 bits per heavy atom. The van der Waals surface area contributed by atoms with Gasteiger partial charge in [0.1, 0.15) is 5.75 Å². The minimum absolute atomic E-state index is 0.228. The number of anilines is 1. The number of rotatable bonds is 7. The summed E-state index contributed by atoms with van der Waals surface area (Å²) in [6, 6.07) is 4.53. The summed E-state index contributed by atoms with van der Waals surface area (Å²) in [5.74, 6) is -6.95. The lowest BCUT2D eigenvalue weighted by atomic mass is 10.1. The maximum Gasteiger partial charge on any atom is 0.420 e. The molecule has 0 heterocycles. The normalized spacial score (nSPS) is 12.0. The van der Waals surface area contributed by atoms with Crippen molar-refractivity contribution in [2.45, 2.75) is 18.5 Å². The lowest BCUT2D eigenvalue weighted by molar-refractivity contribution is -0.384. The van der Waals surface area contributed by atoms with Crippen molar-refractivity contribution >= 4 is 28.9 Å². The zero-order chi connectivity index (χ0) is 23.6. The summed E-state index contributed by atoms with van der Waals surface area (Å²) >= 11 is 5.78. The van der Waals surface area contributed by atoms with Crippen LogP contribution in [0.15, 0.2) is 36.4 Å². The monoisotopic (exact) mass is 474 g/mol. The van der Waals surface area contributed by atoms with Gasteiger partial charge in [0.05, 0.1) is 21.1 Å². The molecule has 0 saturated carbocycles. The highest BCUT2D eigenvalue weighted by Crippen LogP contribution is 2.39. The highest BCUT2D eigenvalue weighted by atomic mass is 35.5. The van der Waals surface area contributed by atoms with Gasteiger partial charge in [-0.05, 0) is 24.3 Å². The number of nitro benzene ring substituents is 1. The standard InChI is InChI=1S/C17H10ClF7N2O4/c18-12-3-2-9(27(29)30)6-10(12)14(28)26-8-1-4-13(11(5-8)17(23,24)25)31-7-16(21,22)15(19)20/h1-6,15H,7H2,(H,26,28). The minimum atomic E-state index is -5.15. The first-order valence-electron chi connectivity index (χ1n) is 7.97. The summed E-state index contributed by atoms with van der Waals surface area (Å²) in [5.41, 5.74) is -3.04. The Balaban J connectivity index is 2.32. The Bertz CT molecular complexity index is 999. The summed E-state index contributed by atoms with van der Waals surface area (Å²) < 4.78 is 94.2. The second kappa shape index (κ2) is 8.96. The number of carbonyl (C=O) groups is 1. The molecule has 31 heavy (non-hydrogen) atoms. The van der Waals surface area contributed by atoms with Gasteiger partial charge in [-0.3, -0.25) is 14.9 Å². The third-order valence-corrected chi connectivity index (χ3v) is 4.02. The topological polar surface area (TPSA) is 81.5 Å². The first kappa shape index (κ1) is 24.2. The molecule has 0 atom stereocenters. The molecule has 2 aromatic rings. The van der Waals surface area contributed by atoms with E-state index in [4.69, 9.17) is 11.6 Å². The van der Waals surface area contributed by atoms with Gasteiger partial charge in [-0.15, -0.1) is 0 Å². The van der Waals surface area contributed by atoms with E-state index in [0.717, 1.165) is 24.3 Å². The largest absolute Gasteiger partial charge is 0.486 e. The summed E-state index contributed by atoms with van der Waals surface area (Å²) in [7, 11) is 0. The van der Waals surface area contributed by atoms with Crippen molar-refractivity contribution in [1.29, 1.82) is 0 Å². The fraction of sp³-hybridized carbons (Fsp3) is 0.235. The second-order valence-electron chi connectivity index (χ2n) is 5.93. The van der Waals surface area contributed by atoms with Gasteiger partial charge in [0.15, 0.2) is 6.61 Å². The average molecular weight is 475 g/mol. The van der Waals surface area contributed by atoms with Crippen molar-refractivity contribution in [2.24, 2.45) is 0 Å². The molecule has 0 saturated heterocycles. The number of non-ortho nitro benzene ring substituents is 1. The van der Waals surface area contributed by atoms with Crippen LogP contribution in [0.4, 0.5) is 42.1 Å². The van der Waals surface area contributed by atoms with Gasteiger partial charge in [-0.1, -0.05) is 11.6 Å². The number of nitro groups is 1. The van der Waals surface area contributed by atoms with Crippen LogP contribution >= 0.6 is 11.6 Å². The predicted octanol–water partition coefficient (Wildman–Crippen LogP) is 5.80. The van der Waals surface area contributed by atoms with Gasteiger partial charge in [-0.2, -0.15) is 22.0 Å². The minimum Gasteiger partial charge on any atom is -0.486 e. The Labute approximate surface area is 173 Å². The zero-order valence-electron chi connectivity index (χ0n) is 14.9. The molecule has 0 aliphatic heterocycles. The van der Waals surface area contributed by atoms with E-state index in [9.17, 15) is 45.6 Å². The molecule has 1 amide bonds. The number of nitrogens with zero attached hydrogens (tertiary/aromatic N) is 1. The first-order chi connectivity index (χ1) is 14.2. The maximum absolute atomic E-state index is 13.2. The molecule has 0 unspecified atom stereocenters. The van der Waals surface area contributed by atoms with Crippen LogP contribution in [0.5, 0.6) is 5.75 Å². The van der Waals surface area contributed by atoms with Crippen molar-refractivity contribution in [1.82, 2.24) is 0 Å². The molecule has 0 aromatic heterocycles. The van der Waals surface area contributed by atoms with Gasteiger partial charge < -0.3 is 10.1 Å². The summed E-state index contributed by atoms with van der Waals surface area (Å²) in [5, 5.41) is 12.6. The SMILES string of the molecule is O=C(Nc1ccc(OCC(F)(F)C(F)F)c(C(F)(F)F)c1)c1cc([N+](=O)[O-])ccc1Cl. The van der Waals surface area contributed by atoms with Crippen molar-refractivity contribution in [3.05, 3.63) is 62.7 Å². The van der Waals surface area contributed by atoms with Crippen LogP contribution in [0.3, 0.4) is 0 Å². The van der Waals surface area contributed by atoms with E-state index in [1.807, 2.05) is 5.32 Å². The molecule has 0 radical (unpaired) electrons. The van der Waals surface area contributed by atoms with E-state index >= 15 is 0 Å². The van der Waals surface area contributed by atoms with Gasteiger partial charge in [0, 0.05) is 17.8 Å². The molecule has 0 bridgehead atoms. The molecule has 0 aliphatic rings. The molecule has 6 nitrogen and oxygen atoms in total. The lowest BCUT2D eigenvalue weighted by Crippen LogP contribution is -2.34. The number of amides is 1. The van der Waals surface area contributed by atoms with Crippen molar-refractivity contribution in [2.75, 3.05) is 11.9 Å². The first-order valence-corrected chi connectivity index (χ1v) is 8.35. The Hall–Kier alpha value is -3.09. The number of halogens is 8. The molecule has 0 aliphatic carbocycles. The van der Waals surface area contributed by atoms with Crippen molar-refractivity contribution in [3.63, 3.8) is 0 Å². The third-order valence-electron chi connectivity index (χ3n) is 3.69. The van der Waals surface area contributed by atoms with Crippen molar-refractivity contribution in [3.8, 4) is 5.75 Å². The predicted molar refractivity (Wildman–Crippen MR) is 93.9 cm³/mol. The molecular formula is C17H10ClF7N2O4. The van der Waals surface area contributed by atoms with E-state index in [1.165, 1.54) is 0 Å². The van der Waals surface area contributed by atoms with Gasteiger partial charge in [0.2, 0.25) is 0 Å². The molecule has 2 aromatic carbocycles. The molecule has 0 spiro atoms. The Morgan fingerprint density at radius 1 is 1.13 bits per heavy atom. The van der Waals surface area contributed by atoms with Crippen LogP contribution in [-0.4, -0.2) is 29.8 Å². The number of nitrogens with one attached hydrogen (secondary N) is 1. The number of carbonyl (C=O) groups excluding carboxylic acids is 1. The van der Waals surface area contributed by atoms with E-state index in [0.29, 0.717) is 12.1 Å². The molecule has 2 rings (SSSR count). The van der Waals surface area contributed by atoms with Crippen LogP contribution in [0.25, 0.3) is 0 Å². The third kappa shape index (κ3) is 5.96. The van der Waals surface area contributed by atoms with Crippen LogP contribution in [0.2, 0.25) is 5.02 Å². The van der Waals surface area contributed by atoms with E-state index < -0.39 is 64.2 Å². The highest BCUT2D eigenvalue weighted by molar-refractivity contribution is 6.34. The zero-order valence-corrected chi connectivity index (χ0v) is 15.6. The second-order valence-corrected chi connectivity index (χ2v) is 6.34. The lowest BCUT2D eigenvalue weighted by Gasteiger charge is -2.19. The van der Waals surface area contributed by atoms with Crippen LogP contribution < -0.4 is 10.1 Å². The average Bonchev–Trinajstić information content (AvgIpc) is 2.66. The number of ether oxygens (including phenoxy) is 1. The van der Waals surface area contributed by atoms with Crippen LogP contribution in [-0.2, 0) is 6.18 Å². The Kier molecular flexibility index (Phi) is 6.99. The smallest absolute Gasteiger partial charge is 0.420 e. The summed E-state index contributed by atoms with van der Waals surface area (Å²) in [6.45, 7) is -2.01. The number of hydrogen-bond donors (Lipinski definition) is 1. The van der Waals surface area contributed by atoms with Crippen LogP contribution in [0, 0.1) is 10.1 Å². The van der Waals surface area contributed by atoms with Gasteiger partial charge in [0.25, 0.3) is 11.6 Å². The summed E-state index contributed by atoms with van der Waals surface area (Å²) in [6.07, 6.45) is -9.31. The summed E-state index contributed by atoms with van der Waals surface area (Å²) in [4.78, 5) is 22.3. The molecule has 1 N–H and O–H groups in total.